The molecule has 1 saturated heterocycles. The van der Waals surface area contributed by atoms with Gasteiger partial charge in [-0.15, -0.1) is 0 Å². The summed E-state index contributed by atoms with van der Waals surface area (Å²) in [6, 6.07) is 12.9. The number of amides is 2. The Hall–Kier alpha value is -3.63. The molecule has 0 unspecified atom stereocenters. The molecule has 214 valence electrons. The zero-order valence-electron chi connectivity index (χ0n) is 23.5. The van der Waals surface area contributed by atoms with E-state index in [0.29, 0.717) is 44.2 Å². The Balaban J connectivity index is 1.40. The number of methoxy groups -OCH3 is 3. The van der Waals surface area contributed by atoms with Crippen molar-refractivity contribution in [3.63, 3.8) is 0 Å². The SMILES string of the molecule is COc1ccc([C@@H]2CC(c3ccc(OC)cc3OC)=NN2C(=O)CN(CCN2CCOCC2)C(=O)C2CC2)cc1. The molecule has 2 aliphatic heterocycles. The first-order chi connectivity index (χ1) is 19.5. The summed E-state index contributed by atoms with van der Waals surface area (Å²) in [6.07, 6.45) is 2.28. The lowest BCUT2D eigenvalue weighted by molar-refractivity contribution is -0.142. The fourth-order valence-electron chi connectivity index (χ4n) is 5.20. The second kappa shape index (κ2) is 12.7. The van der Waals surface area contributed by atoms with Gasteiger partial charge in [-0.1, -0.05) is 12.1 Å². The van der Waals surface area contributed by atoms with E-state index in [1.807, 2.05) is 42.5 Å². The lowest BCUT2D eigenvalue weighted by atomic mass is 9.97. The summed E-state index contributed by atoms with van der Waals surface area (Å²) in [5.41, 5.74) is 2.48. The van der Waals surface area contributed by atoms with Gasteiger partial charge in [0.2, 0.25) is 5.91 Å². The highest BCUT2D eigenvalue weighted by Crippen LogP contribution is 2.37. The number of hydrogen-bond acceptors (Lipinski definition) is 8. The van der Waals surface area contributed by atoms with E-state index in [1.54, 1.807) is 31.2 Å². The smallest absolute Gasteiger partial charge is 0.262 e. The maximum atomic E-state index is 13.9. The maximum absolute atomic E-state index is 13.9. The molecule has 3 aliphatic rings. The van der Waals surface area contributed by atoms with Crippen LogP contribution < -0.4 is 14.2 Å². The van der Waals surface area contributed by atoms with Crippen molar-refractivity contribution < 1.29 is 28.5 Å². The van der Waals surface area contributed by atoms with Crippen LogP contribution >= 0.6 is 0 Å². The Morgan fingerprint density at radius 2 is 1.68 bits per heavy atom. The van der Waals surface area contributed by atoms with E-state index in [1.165, 1.54) is 0 Å². The lowest BCUT2D eigenvalue weighted by Crippen LogP contribution is -2.47. The van der Waals surface area contributed by atoms with Crippen LogP contribution in [0.3, 0.4) is 0 Å². The predicted molar refractivity (Wildman–Crippen MR) is 150 cm³/mol. The first-order valence-electron chi connectivity index (χ1n) is 13.9. The van der Waals surface area contributed by atoms with Crippen molar-refractivity contribution in [3.8, 4) is 17.2 Å². The van der Waals surface area contributed by atoms with Crippen LogP contribution in [-0.2, 0) is 14.3 Å². The highest BCUT2D eigenvalue weighted by molar-refractivity contribution is 6.05. The Kier molecular flexibility index (Phi) is 8.86. The predicted octanol–water partition coefficient (Wildman–Crippen LogP) is 2.96. The molecule has 0 spiro atoms. The molecule has 1 aliphatic carbocycles. The number of carbonyl (C=O) groups excluding carboxylic acids is 2. The zero-order chi connectivity index (χ0) is 28.1. The van der Waals surface area contributed by atoms with Gasteiger partial charge in [0.15, 0.2) is 0 Å². The molecule has 2 fully saturated rings. The Labute approximate surface area is 235 Å². The van der Waals surface area contributed by atoms with Crippen molar-refractivity contribution in [3.05, 3.63) is 53.6 Å². The molecule has 10 heteroatoms. The van der Waals surface area contributed by atoms with Crippen LogP contribution in [0.1, 0.15) is 36.4 Å². The van der Waals surface area contributed by atoms with Crippen LogP contribution in [0.4, 0.5) is 0 Å². The maximum Gasteiger partial charge on any atom is 0.262 e. The van der Waals surface area contributed by atoms with Crippen molar-refractivity contribution >= 4 is 17.5 Å². The summed E-state index contributed by atoms with van der Waals surface area (Å²) in [5.74, 6) is 1.91. The van der Waals surface area contributed by atoms with E-state index in [0.717, 1.165) is 48.5 Å². The average molecular weight is 551 g/mol. The summed E-state index contributed by atoms with van der Waals surface area (Å²) in [7, 11) is 4.84. The third-order valence-electron chi connectivity index (χ3n) is 7.74. The highest BCUT2D eigenvalue weighted by Gasteiger charge is 2.38. The number of benzene rings is 2. The molecule has 1 saturated carbocycles. The first kappa shape index (κ1) is 27.9. The summed E-state index contributed by atoms with van der Waals surface area (Å²) in [4.78, 5) is 31.1. The summed E-state index contributed by atoms with van der Waals surface area (Å²) in [5, 5.41) is 6.37. The van der Waals surface area contributed by atoms with Gasteiger partial charge in [-0.2, -0.15) is 5.10 Å². The number of nitrogens with zero attached hydrogens (tertiary/aromatic N) is 4. The first-order valence-corrected chi connectivity index (χ1v) is 13.9. The zero-order valence-corrected chi connectivity index (χ0v) is 23.5. The van der Waals surface area contributed by atoms with Crippen LogP contribution in [0.2, 0.25) is 0 Å². The third kappa shape index (κ3) is 6.39. The molecule has 5 rings (SSSR count). The van der Waals surface area contributed by atoms with E-state index in [2.05, 4.69) is 4.90 Å². The van der Waals surface area contributed by atoms with Crippen LogP contribution in [0.25, 0.3) is 0 Å². The molecule has 1 atom stereocenters. The molecule has 40 heavy (non-hydrogen) atoms. The molecule has 2 heterocycles. The van der Waals surface area contributed by atoms with Crippen molar-refractivity contribution in [2.45, 2.75) is 25.3 Å². The minimum absolute atomic E-state index is 0.0111. The number of ether oxygens (including phenoxy) is 4. The molecule has 2 amide bonds. The molecule has 2 aromatic rings. The van der Waals surface area contributed by atoms with E-state index in [4.69, 9.17) is 24.0 Å². The van der Waals surface area contributed by atoms with Crippen LogP contribution in [-0.4, -0.2) is 99.6 Å². The second-order valence-electron chi connectivity index (χ2n) is 10.3. The molecule has 0 bridgehead atoms. The number of hydrazone groups is 1. The van der Waals surface area contributed by atoms with Crippen molar-refractivity contribution in [2.24, 2.45) is 11.0 Å². The molecule has 10 nitrogen and oxygen atoms in total. The van der Waals surface area contributed by atoms with Crippen molar-refractivity contribution in [1.82, 2.24) is 14.8 Å². The number of morpholine rings is 1. The Morgan fingerprint density at radius 3 is 2.33 bits per heavy atom. The minimum Gasteiger partial charge on any atom is -0.497 e. The molecule has 2 aromatic carbocycles. The van der Waals surface area contributed by atoms with Crippen molar-refractivity contribution in [2.75, 3.05) is 67.3 Å². The lowest BCUT2D eigenvalue weighted by Gasteiger charge is -2.31. The van der Waals surface area contributed by atoms with Gasteiger partial charge < -0.3 is 23.8 Å². The fraction of sp³-hybridized carbons (Fsp3) is 0.500. The summed E-state index contributed by atoms with van der Waals surface area (Å²) >= 11 is 0. The standard InChI is InChI=1S/C30H38N4O6/c1-37-23-8-6-21(7-9-23)27-19-26(25-11-10-24(38-2)18-28(25)39-3)31-34(27)29(35)20-33(30(36)22-4-5-22)13-12-32-14-16-40-17-15-32/h6-11,18,22,27H,4-5,12-17,19-20H2,1-3H3/t27-/m0/s1. The topological polar surface area (TPSA) is 93.1 Å². The van der Waals surface area contributed by atoms with E-state index >= 15 is 0 Å². The number of hydrogen-bond donors (Lipinski definition) is 0. The van der Waals surface area contributed by atoms with Gasteiger partial charge in [-0.3, -0.25) is 14.5 Å². The second-order valence-corrected chi connectivity index (χ2v) is 10.3. The van der Waals surface area contributed by atoms with Crippen LogP contribution in [0.5, 0.6) is 17.2 Å². The highest BCUT2D eigenvalue weighted by atomic mass is 16.5. The van der Waals surface area contributed by atoms with Gasteiger partial charge in [-0.05, 0) is 42.7 Å². The van der Waals surface area contributed by atoms with Crippen molar-refractivity contribution in [1.29, 1.82) is 0 Å². The number of carbonyl (C=O) groups is 2. The van der Waals surface area contributed by atoms with Gasteiger partial charge in [0.25, 0.3) is 5.91 Å². The summed E-state index contributed by atoms with van der Waals surface area (Å²) < 4.78 is 21.8. The average Bonchev–Trinajstić information content (AvgIpc) is 3.77. The van der Waals surface area contributed by atoms with E-state index in [-0.39, 0.29) is 30.3 Å². The quantitative estimate of drug-likeness (QED) is 0.425. The van der Waals surface area contributed by atoms with E-state index < -0.39 is 0 Å². The molecule has 0 aromatic heterocycles. The fourth-order valence-corrected chi connectivity index (χ4v) is 5.20. The number of rotatable bonds is 11. The largest absolute Gasteiger partial charge is 0.497 e. The normalized spacial score (nSPS) is 19.2. The Morgan fingerprint density at radius 1 is 0.975 bits per heavy atom. The molecular weight excluding hydrogens is 512 g/mol. The molecule has 0 N–H and O–H groups in total. The van der Waals surface area contributed by atoms with Gasteiger partial charge in [-0.25, -0.2) is 5.01 Å². The molecule has 0 radical (unpaired) electrons. The minimum atomic E-state index is -0.322. The van der Waals surface area contributed by atoms with Gasteiger partial charge in [0, 0.05) is 50.1 Å². The van der Waals surface area contributed by atoms with E-state index in [9.17, 15) is 9.59 Å². The molecular formula is C30H38N4O6. The Bertz CT molecular complexity index is 1220. The van der Waals surface area contributed by atoms with Gasteiger partial charge >= 0.3 is 0 Å². The van der Waals surface area contributed by atoms with Gasteiger partial charge in [0.1, 0.15) is 23.8 Å². The van der Waals surface area contributed by atoms with Crippen LogP contribution in [0, 0.1) is 5.92 Å². The third-order valence-corrected chi connectivity index (χ3v) is 7.74. The summed E-state index contributed by atoms with van der Waals surface area (Å²) in [6.45, 7) is 4.27. The monoisotopic (exact) mass is 550 g/mol. The van der Waals surface area contributed by atoms with Gasteiger partial charge in [0.05, 0.1) is 46.3 Å². The van der Waals surface area contributed by atoms with Crippen LogP contribution in [0.15, 0.2) is 47.6 Å².